The van der Waals surface area contributed by atoms with Crippen molar-refractivity contribution in [3.8, 4) is 0 Å². The minimum Gasteiger partial charge on any atom is -0.332 e. The quantitative estimate of drug-likeness (QED) is 0.865. The standard InChI is InChI=1S/C16H18N4O/c1-3-13-4-6-14(7-5-13)20-16(21)12(2)15(18-20)10-19-9-8-17-11-19/h4-9,11-12H,3,10H2,1-2H3. The van der Waals surface area contributed by atoms with Crippen LogP contribution in [0.1, 0.15) is 19.4 Å². The fourth-order valence-corrected chi connectivity index (χ4v) is 2.38. The van der Waals surface area contributed by atoms with Gasteiger partial charge in [-0.05, 0) is 31.0 Å². The van der Waals surface area contributed by atoms with Crippen LogP contribution in [0.3, 0.4) is 0 Å². The van der Waals surface area contributed by atoms with Crippen molar-refractivity contribution < 1.29 is 4.79 Å². The van der Waals surface area contributed by atoms with E-state index in [1.807, 2.05) is 42.0 Å². The second-order valence-corrected chi connectivity index (χ2v) is 5.22. The van der Waals surface area contributed by atoms with Crippen molar-refractivity contribution in [1.29, 1.82) is 0 Å². The Bertz CT molecular complexity index is 658. The minimum atomic E-state index is -0.196. The van der Waals surface area contributed by atoms with E-state index < -0.39 is 0 Å². The highest BCUT2D eigenvalue weighted by Gasteiger charge is 2.33. The number of hydrogen-bond acceptors (Lipinski definition) is 3. The molecule has 0 bridgehead atoms. The van der Waals surface area contributed by atoms with E-state index in [-0.39, 0.29) is 11.8 Å². The van der Waals surface area contributed by atoms with Gasteiger partial charge in [-0.3, -0.25) is 4.79 Å². The number of nitrogens with zero attached hydrogens (tertiary/aromatic N) is 4. The molecule has 1 aromatic heterocycles. The first-order valence-electron chi connectivity index (χ1n) is 7.15. The van der Waals surface area contributed by atoms with E-state index in [0.717, 1.165) is 17.8 Å². The maximum Gasteiger partial charge on any atom is 0.256 e. The summed E-state index contributed by atoms with van der Waals surface area (Å²) in [7, 11) is 0. The van der Waals surface area contributed by atoms with Crippen molar-refractivity contribution >= 4 is 17.3 Å². The van der Waals surface area contributed by atoms with Gasteiger partial charge in [0, 0.05) is 12.4 Å². The van der Waals surface area contributed by atoms with E-state index in [9.17, 15) is 4.79 Å². The lowest BCUT2D eigenvalue weighted by atomic mass is 10.1. The average molecular weight is 282 g/mol. The second-order valence-electron chi connectivity index (χ2n) is 5.22. The van der Waals surface area contributed by atoms with Gasteiger partial charge in [0.25, 0.3) is 5.91 Å². The number of hydrazone groups is 1. The van der Waals surface area contributed by atoms with Crippen LogP contribution < -0.4 is 5.01 Å². The van der Waals surface area contributed by atoms with Crippen LogP contribution in [-0.2, 0) is 17.8 Å². The molecule has 1 unspecified atom stereocenters. The number of aromatic nitrogens is 2. The summed E-state index contributed by atoms with van der Waals surface area (Å²) < 4.78 is 1.92. The normalized spacial score (nSPS) is 18.2. The molecule has 1 aliphatic heterocycles. The number of rotatable bonds is 4. The van der Waals surface area contributed by atoms with E-state index in [1.165, 1.54) is 10.6 Å². The number of anilines is 1. The van der Waals surface area contributed by atoms with Crippen molar-refractivity contribution in [2.45, 2.75) is 26.8 Å². The van der Waals surface area contributed by atoms with Crippen molar-refractivity contribution in [3.63, 3.8) is 0 Å². The van der Waals surface area contributed by atoms with Crippen molar-refractivity contribution in [2.75, 3.05) is 5.01 Å². The van der Waals surface area contributed by atoms with Crippen LogP contribution >= 0.6 is 0 Å². The summed E-state index contributed by atoms with van der Waals surface area (Å²) in [5.74, 6) is -0.174. The van der Waals surface area contributed by atoms with Crippen LogP contribution in [-0.4, -0.2) is 21.2 Å². The number of imidazole rings is 1. The van der Waals surface area contributed by atoms with Crippen LogP contribution in [0, 0.1) is 5.92 Å². The molecule has 2 aromatic rings. The van der Waals surface area contributed by atoms with Gasteiger partial charge in [-0.25, -0.2) is 9.99 Å². The first-order chi connectivity index (χ1) is 10.2. The second kappa shape index (κ2) is 5.52. The zero-order valence-electron chi connectivity index (χ0n) is 12.2. The number of carbonyl (C=O) groups excluding carboxylic acids is 1. The minimum absolute atomic E-state index is 0.0226. The largest absolute Gasteiger partial charge is 0.332 e. The maximum atomic E-state index is 12.4. The van der Waals surface area contributed by atoms with Gasteiger partial charge in [0.2, 0.25) is 0 Å². The lowest BCUT2D eigenvalue weighted by molar-refractivity contribution is -0.119. The molecule has 1 atom stereocenters. The molecule has 0 radical (unpaired) electrons. The zero-order chi connectivity index (χ0) is 14.8. The summed E-state index contributed by atoms with van der Waals surface area (Å²) in [5.41, 5.74) is 2.93. The molecular weight excluding hydrogens is 264 g/mol. The van der Waals surface area contributed by atoms with Gasteiger partial charge in [0.1, 0.15) is 0 Å². The molecule has 1 amide bonds. The Morgan fingerprint density at radius 2 is 2.00 bits per heavy atom. The Morgan fingerprint density at radius 1 is 1.24 bits per heavy atom. The van der Waals surface area contributed by atoms with E-state index in [1.54, 1.807) is 12.5 Å². The molecule has 1 aliphatic rings. The molecule has 5 heteroatoms. The smallest absolute Gasteiger partial charge is 0.256 e. The Morgan fingerprint density at radius 3 is 2.62 bits per heavy atom. The van der Waals surface area contributed by atoms with Gasteiger partial charge in [0.05, 0.1) is 30.2 Å². The topological polar surface area (TPSA) is 50.5 Å². The monoisotopic (exact) mass is 282 g/mol. The maximum absolute atomic E-state index is 12.4. The van der Waals surface area contributed by atoms with E-state index in [0.29, 0.717) is 6.54 Å². The molecule has 0 spiro atoms. The van der Waals surface area contributed by atoms with E-state index >= 15 is 0 Å². The highest BCUT2D eigenvalue weighted by molar-refractivity contribution is 6.15. The third kappa shape index (κ3) is 2.59. The Kier molecular flexibility index (Phi) is 3.56. The van der Waals surface area contributed by atoms with Crippen LogP contribution in [0.25, 0.3) is 0 Å². The lowest BCUT2D eigenvalue weighted by Crippen LogP contribution is -2.26. The molecule has 2 heterocycles. The van der Waals surface area contributed by atoms with Gasteiger partial charge >= 0.3 is 0 Å². The number of amides is 1. The molecule has 1 aromatic carbocycles. The van der Waals surface area contributed by atoms with Crippen molar-refractivity contribution in [2.24, 2.45) is 11.0 Å². The molecule has 0 N–H and O–H groups in total. The number of hydrogen-bond donors (Lipinski definition) is 0. The fraction of sp³-hybridized carbons (Fsp3) is 0.312. The first kappa shape index (κ1) is 13.5. The molecule has 0 saturated carbocycles. The first-order valence-corrected chi connectivity index (χ1v) is 7.15. The van der Waals surface area contributed by atoms with Crippen LogP contribution in [0.2, 0.25) is 0 Å². The van der Waals surface area contributed by atoms with Gasteiger partial charge < -0.3 is 4.57 Å². The summed E-state index contributed by atoms with van der Waals surface area (Å²) >= 11 is 0. The average Bonchev–Trinajstić information content (AvgIpc) is 3.11. The van der Waals surface area contributed by atoms with Crippen molar-refractivity contribution in [1.82, 2.24) is 9.55 Å². The number of aryl methyl sites for hydroxylation is 1. The SMILES string of the molecule is CCc1ccc(N2N=C(Cn3ccnc3)C(C)C2=O)cc1. The molecule has 21 heavy (non-hydrogen) atoms. The lowest BCUT2D eigenvalue weighted by Gasteiger charge is -2.13. The summed E-state index contributed by atoms with van der Waals surface area (Å²) in [4.78, 5) is 16.4. The summed E-state index contributed by atoms with van der Waals surface area (Å²) in [6, 6.07) is 7.98. The zero-order valence-corrected chi connectivity index (χ0v) is 12.2. The summed E-state index contributed by atoms with van der Waals surface area (Å²) in [5, 5.41) is 6.01. The Balaban J connectivity index is 1.84. The van der Waals surface area contributed by atoms with Gasteiger partial charge in [-0.2, -0.15) is 5.10 Å². The highest BCUT2D eigenvalue weighted by Crippen LogP contribution is 2.24. The third-order valence-corrected chi connectivity index (χ3v) is 3.80. The van der Waals surface area contributed by atoms with E-state index in [4.69, 9.17) is 0 Å². The molecular formula is C16H18N4O. The van der Waals surface area contributed by atoms with E-state index in [2.05, 4.69) is 17.0 Å². The molecule has 0 fully saturated rings. The van der Waals surface area contributed by atoms with Gasteiger partial charge in [-0.1, -0.05) is 19.1 Å². The van der Waals surface area contributed by atoms with Crippen molar-refractivity contribution in [3.05, 3.63) is 48.5 Å². The van der Waals surface area contributed by atoms with Gasteiger partial charge in [-0.15, -0.1) is 0 Å². The Labute approximate surface area is 123 Å². The molecule has 3 rings (SSSR count). The Hall–Kier alpha value is -2.43. The predicted molar refractivity (Wildman–Crippen MR) is 82.1 cm³/mol. The van der Waals surface area contributed by atoms with Crippen LogP contribution in [0.15, 0.2) is 48.1 Å². The molecule has 0 aliphatic carbocycles. The van der Waals surface area contributed by atoms with Crippen LogP contribution in [0.5, 0.6) is 0 Å². The summed E-state index contributed by atoms with van der Waals surface area (Å²) in [6.07, 6.45) is 6.32. The van der Waals surface area contributed by atoms with Gasteiger partial charge in [0.15, 0.2) is 0 Å². The number of carbonyl (C=O) groups is 1. The predicted octanol–water partition coefficient (Wildman–Crippen LogP) is 2.48. The van der Waals surface area contributed by atoms with Crippen LogP contribution in [0.4, 0.5) is 5.69 Å². The highest BCUT2D eigenvalue weighted by atomic mass is 16.2. The third-order valence-electron chi connectivity index (χ3n) is 3.80. The molecule has 0 saturated heterocycles. The molecule has 108 valence electrons. The number of benzene rings is 1. The fourth-order valence-electron chi connectivity index (χ4n) is 2.38. The summed E-state index contributed by atoms with van der Waals surface area (Å²) in [6.45, 7) is 4.61. The molecule has 5 nitrogen and oxygen atoms in total.